The Morgan fingerprint density at radius 1 is 0.737 bits per heavy atom. The van der Waals surface area contributed by atoms with Crippen LogP contribution in [0.1, 0.15) is 47.0 Å². The van der Waals surface area contributed by atoms with Crippen molar-refractivity contribution in [1.82, 2.24) is 26.6 Å². The van der Waals surface area contributed by atoms with E-state index in [2.05, 4.69) is 26.6 Å². The number of aliphatic hydroxyl groups is 1. The number of carbonyl (C=O) groups excluding carboxylic acids is 6. The van der Waals surface area contributed by atoms with Crippen LogP contribution >= 0.6 is 0 Å². The number of amides is 6. The van der Waals surface area contributed by atoms with Crippen molar-refractivity contribution < 1.29 is 43.8 Å². The van der Waals surface area contributed by atoms with E-state index in [9.17, 15) is 33.6 Å². The van der Waals surface area contributed by atoms with Crippen molar-refractivity contribution in [3.05, 3.63) is 0 Å². The zero-order valence-electron chi connectivity index (χ0n) is 21.9. The molecule has 0 saturated carbocycles. The van der Waals surface area contributed by atoms with E-state index in [1.165, 1.54) is 13.8 Å². The molecule has 0 aromatic rings. The first-order valence-electron chi connectivity index (χ1n) is 11.9. The van der Waals surface area contributed by atoms with Gasteiger partial charge < -0.3 is 48.3 Å². The first-order chi connectivity index (χ1) is 17.6. The van der Waals surface area contributed by atoms with Gasteiger partial charge in [-0.15, -0.1) is 0 Å². The van der Waals surface area contributed by atoms with Gasteiger partial charge in [0.15, 0.2) is 0 Å². The van der Waals surface area contributed by atoms with Crippen molar-refractivity contribution in [2.45, 2.75) is 77.2 Å². The lowest BCUT2D eigenvalue weighted by Gasteiger charge is -2.26. The topological polar surface area (TPSA) is 272 Å². The van der Waals surface area contributed by atoms with E-state index >= 15 is 0 Å². The summed E-state index contributed by atoms with van der Waals surface area (Å²) in [5, 5.41) is 29.4. The minimum absolute atomic E-state index is 0.0883. The van der Waals surface area contributed by atoms with Crippen LogP contribution in [-0.4, -0.2) is 95.0 Å². The molecule has 6 amide bonds. The number of rotatable bonds is 17. The average Bonchev–Trinajstić information content (AvgIpc) is 2.82. The molecular weight excluding hydrogens is 506 g/mol. The monoisotopic (exact) mass is 545 g/mol. The molecule has 0 unspecified atom stereocenters. The van der Waals surface area contributed by atoms with Crippen LogP contribution < -0.4 is 38.1 Å². The lowest BCUT2D eigenvalue weighted by Crippen LogP contribution is -2.58. The normalized spacial score (nSPS) is 14.7. The van der Waals surface area contributed by atoms with E-state index < -0.39 is 84.8 Å². The Labute approximate surface area is 220 Å². The molecule has 0 aromatic heterocycles. The predicted octanol–water partition coefficient (Wildman–Crippen LogP) is -4.20. The predicted molar refractivity (Wildman–Crippen MR) is 133 cm³/mol. The van der Waals surface area contributed by atoms with Crippen LogP contribution in [0.3, 0.4) is 0 Å². The number of nitrogens with one attached hydrogen (secondary N) is 5. The first kappa shape index (κ1) is 34.2. The second-order valence-corrected chi connectivity index (χ2v) is 9.12. The fourth-order valence-electron chi connectivity index (χ4n) is 2.99. The number of hydrogen-bond acceptors (Lipinski definition) is 9. The van der Waals surface area contributed by atoms with Crippen molar-refractivity contribution in [2.24, 2.45) is 17.4 Å². The SMILES string of the molecule is CC(C)C[C@H](NC(=O)[C@H](CCC(N)=O)NC(=O)[C@@H](N)CO)C(=O)N[C@@H](C)C(=O)N[C@@H](C)C(=O)NCC(=O)O. The summed E-state index contributed by atoms with van der Waals surface area (Å²) in [6.45, 7) is 4.92. The van der Waals surface area contributed by atoms with Crippen molar-refractivity contribution in [3.63, 3.8) is 0 Å². The molecule has 0 aliphatic rings. The number of carbonyl (C=O) groups is 7. The van der Waals surface area contributed by atoms with Crippen LogP contribution in [0.4, 0.5) is 0 Å². The second kappa shape index (κ2) is 16.9. The molecule has 0 saturated heterocycles. The molecule has 0 rings (SSSR count). The summed E-state index contributed by atoms with van der Waals surface area (Å²) >= 11 is 0. The van der Waals surface area contributed by atoms with Gasteiger partial charge in [-0.3, -0.25) is 33.6 Å². The van der Waals surface area contributed by atoms with Crippen LogP contribution in [0.25, 0.3) is 0 Å². The molecule has 16 heteroatoms. The van der Waals surface area contributed by atoms with Crippen molar-refractivity contribution in [2.75, 3.05) is 13.2 Å². The smallest absolute Gasteiger partial charge is 0.322 e. The Bertz CT molecular complexity index is 881. The summed E-state index contributed by atoms with van der Waals surface area (Å²) < 4.78 is 0. The highest BCUT2D eigenvalue weighted by Crippen LogP contribution is 2.07. The van der Waals surface area contributed by atoms with E-state index in [4.69, 9.17) is 21.7 Å². The molecule has 0 radical (unpaired) electrons. The third-order valence-electron chi connectivity index (χ3n) is 5.10. The van der Waals surface area contributed by atoms with E-state index in [1.807, 2.05) is 0 Å². The lowest BCUT2D eigenvalue weighted by atomic mass is 10.0. The number of hydrogen-bond donors (Lipinski definition) is 9. The molecule has 38 heavy (non-hydrogen) atoms. The molecule has 0 aromatic carbocycles. The molecule has 0 bridgehead atoms. The first-order valence-corrected chi connectivity index (χ1v) is 11.9. The fraction of sp³-hybridized carbons (Fsp3) is 0.682. The highest BCUT2D eigenvalue weighted by Gasteiger charge is 2.30. The maximum atomic E-state index is 12.9. The Balaban J connectivity index is 5.38. The van der Waals surface area contributed by atoms with Gasteiger partial charge in [-0.05, 0) is 32.6 Å². The Kier molecular flexibility index (Phi) is 15.2. The van der Waals surface area contributed by atoms with Gasteiger partial charge in [0.2, 0.25) is 35.4 Å². The van der Waals surface area contributed by atoms with E-state index in [-0.39, 0.29) is 25.2 Å². The maximum absolute atomic E-state index is 12.9. The van der Waals surface area contributed by atoms with E-state index in [1.54, 1.807) is 13.8 Å². The molecule has 0 fully saturated rings. The summed E-state index contributed by atoms with van der Waals surface area (Å²) in [6.07, 6.45) is -0.308. The standard InChI is InChI=1S/C22H39N7O9/c1-10(2)7-15(29-21(37)14(5-6-16(24)31)28-20(36)13(23)9-30)22(38)27-12(4)19(35)26-11(3)18(34)25-8-17(32)33/h10-15,30H,5-9,23H2,1-4H3,(H2,24,31)(H,25,34)(H,26,35)(H,27,38)(H,28,36)(H,29,37)(H,32,33)/t11-,12-,13-,14-,15-/m0/s1. The van der Waals surface area contributed by atoms with Gasteiger partial charge in [0, 0.05) is 6.42 Å². The minimum Gasteiger partial charge on any atom is -0.480 e. The number of primary amides is 1. The number of aliphatic carboxylic acids is 1. The van der Waals surface area contributed by atoms with Gasteiger partial charge in [-0.1, -0.05) is 13.8 Å². The second-order valence-electron chi connectivity index (χ2n) is 9.12. The minimum atomic E-state index is -1.32. The summed E-state index contributed by atoms with van der Waals surface area (Å²) in [7, 11) is 0. The van der Waals surface area contributed by atoms with Gasteiger partial charge in [0.25, 0.3) is 0 Å². The van der Waals surface area contributed by atoms with Crippen molar-refractivity contribution >= 4 is 41.4 Å². The highest BCUT2D eigenvalue weighted by molar-refractivity contribution is 5.96. The summed E-state index contributed by atoms with van der Waals surface area (Å²) in [5.41, 5.74) is 10.6. The molecular formula is C22H39N7O9. The maximum Gasteiger partial charge on any atom is 0.322 e. The van der Waals surface area contributed by atoms with Crippen LogP contribution in [0.5, 0.6) is 0 Å². The third kappa shape index (κ3) is 13.5. The van der Waals surface area contributed by atoms with Gasteiger partial charge in [0.1, 0.15) is 36.8 Å². The van der Waals surface area contributed by atoms with Gasteiger partial charge in [0.05, 0.1) is 6.61 Å². The summed E-state index contributed by atoms with van der Waals surface area (Å²) in [5.74, 6) is -5.96. The number of nitrogens with two attached hydrogens (primary N) is 2. The molecule has 0 aliphatic heterocycles. The number of carboxylic acids is 1. The van der Waals surface area contributed by atoms with Gasteiger partial charge in [-0.25, -0.2) is 0 Å². The quantitative estimate of drug-likeness (QED) is 0.0849. The van der Waals surface area contributed by atoms with E-state index in [0.717, 1.165) is 0 Å². The average molecular weight is 546 g/mol. The van der Waals surface area contributed by atoms with Gasteiger partial charge in [-0.2, -0.15) is 0 Å². The largest absolute Gasteiger partial charge is 0.480 e. The zero-order valence-corrected chi connectivity index (χ0v) is 21.9. The van der Waals surface area contributed by atoms with E-state index in [0.29, 0.717) is 0 Å². The fourth-order valence-corrected chi connectivity index (χ4v) is 2.99. The molecule has 216 valence electrons. The molecule has 11 N–H and O–H groups in total. The van der Waals surface area contributed by atoms with Crippen LogP contribution in [-0.2, 0) is 33.6 Å². The van der Waals surface area contributed by atoms with Crippen LogP contribution in [0.2, 0.25) is 0 Å². The Morgan fingerprint density at radius 3 is 1.74 bits per heavy atom. The highest BCUT2D eigenvalue weighted by atomic mass is 16.4. The molecule has 0 spiro atoms. The molecule has 5 atom stereocenters. The third-order valence-corrected chi connectivity index (χ3v) is 5.10. The molecule has 0 heterocycles. The molecule has 16 nitrogen and oxygen atoms in total. The Hall–Kier alpha value is -3.79. The van der Waals surface area contributed by atoms with Crippen molar-refractivity contribution in [3.8, 4) is 0 Å². The van der Waals surface area contributed by atoms with Crippen molar-refractivity contribution in [1.29, 1.82) is 0 Å². The summed E-state index contributed by atoms with van der Waals surface area (Å²) in [6, 6.07) is -5.99. The summed E-state index contributed by atoms with van der Waals surface area (Å²) in [4.78, 5) is 84.0. The Morgan fingerprint density at radius 2 is 1.24 bits per heavy atom. The van der Waals surface area contributed by atoms with Gasteiger partial charge >= 0.3 is 5.97 Å². The van der Waals surface area contributed by atoms with Crippen LogP contribution in [0, 0.1) is 5.92 Å². The number of carboxylic acid groups (broad SMARTS) is 1. The molecule has 0 aliphatic carbocycles. The number of aliphatic hydroxyl groups excluding tert-OH is 1. The zero-order chi connectivity index (χ0) is 29.6. The lowest BCUT2D eigenvalue weighted by molar-refractivity contribution is -0.138. The van der Waals surface area contributed by atoms with Crippen LogP contribution in [0.15, 0.2) is 0 Å².